The Morgan fingerprint density at radius 2 is 1.73 bits per heavy atom. The summed E-state index contributed by atoms with van der Waals surface area (Å²) >= 11 is 6.09. The number of ketones is 1. The molecule has 0 aliphatic heterocycles. The second-order valence-corrected chi connectivity index (χ2v) is 9.34. The summed E-state index contributed by atoms with van der Waals surface area (Å²) < 4.78 is 9.98. The predicted molar refractivity (Wildman–Crippen MR) is 145 cm³/mol. The van der Waals surface area contributed by atoms with Crippen LogP contribution in [0.25, 0.3) is 11.1 Å². The number of ether oxygens (including phenoxy) is 1. The number of rotatable bonds is 11. The Bertz CT molecular complexity index is 1470. The molecular weight excluding hydrogens is 538 g/mol. The number of nitrogens with zero attached hydrogens (tertiary/aromatic N) is 2. The van der Waals surface area contributed by atoms with Gasteiger partial charge in [-0.2, -0.15) is 0 Å². The van der Waals surface area contributed by atoms with Crippen LogP contribution in [0.2, 0.25) is 5.02 Å². The number of hydrogen-bond acceptors (Lipinski definition) is 9. The second kappa shape index (κ2) is 13.0. The van der Waals surface area contributed by atoms with Crippen molar-refractivity contribution in [3.63, 3.8) is 0 Å². The summed E-state index contributed by atoms with van der Waals surface area (Å²) in [6.45, 7) is 1.11. The molecule has 1 unspecified atom stereocenters. The molecule has 0 spiro atoms. The molecule has 2 atom stereocenters. The molecule has 1 amide bonds. The molecule has 10 nitrogen and oxygen atoms in total. The molecule has 206 valence electrons. The van der Waals surface area contributed by atoms with Gasteiger partial charge in [0.15, 0.2) is 12.2 Å². The Morgan fingerprint density at radius 3 is 2.38 bits per heavy atom. The number of aromatic nitrogens is 1. The molecule has 0 saturated carbocycles. The van der Waals surface area contributed by atoms with Gasteiger partial charge in [0.05, 0.1) is 12.6 Å². The number of hydrazine groups is 1. The minimum Gasteiger partial charge on any atom is -0.491 e. The van der Waals surface area contributed by atoms with Crippen LogP contribution in [-0.4, -0.2) is 56.8 Å². The maximum absolute atomic E-state index is 12.7. The quantitative estimate of drug-likeness (QED) is 0.140. The fraction of sp³-hybridized carbons (Fsp3) is 0.172. The summed E-state index contributed by atoms with van der Waals surface area (Å²) in [5.41, 5.74) is 5.47. The van der Waals surface area contributed by atoms with Crippen molar-refractivity contribution in [2.24, 2.45) is 0 Å². The fourth-order valence-electron chi connectivity index (χ4n) is 3.84. The van der Waals surface area contributed by atoms with Crippen molar-refractivity contribution < 1.29 is 33.9 Å². The predicted octanol–water partition coefficient (Wildman–Crippen LogP) is 4.02. The summed E-state index contributed by atoms with van der Waals surface area (Å²) in [4.78, 5) is 37.8. The smallest absolute Gasteiger partial charge is 0.337 e. The molecule has 3 N–H and O–H groups in total. The first-order valence-corrected chi connectivity index (χ1v) is 12.6. The van der Waals surface area contributed by atoms with Crippen molar-refractivity contribution >= 4 is 29.3 Å². The van der Waals surface area contributed by atoms with Crippen molar-refractivity contribution in [1.29, 1.82) is 0 Å². The number of halogens is 1. The van der Waals surface area contributed by atoms with Crippen LogP contribution in [-0.2, 0) is 16.1 Å². The van der Waals surface area contributed by atoms with Gasteiger partial charge >= 0.3 is 11.9 Å². The van der Waals surface area contributed by atoms with Gasteiger partial charge in [-0.05, 0) is 40.9 Å². The summed E-state index contributed by atoms with van der Waals surface area (Å²) in [6, 6.07) is 24.1. The van der Waals surface area contributed by atoms with E-state index < -0.39 is 35.7 Å². The SMILES string of the molecule is CC(OC(=O)[C@H](O)CN(Cc1ccc(-c2cccc(Cl)c2)cc1)NC(=O)c1cc(O)no1)C(=O)c1ccccc1. The highest BCUT2D eigenvalue weighted by Crippen LogP contribution is 2.23. The maximum atomic E-state index is 12.7. The van der Waals surface area contributed by atoms with Gasteiger partial charge in [-0.3, -0.25) is 15.0 Å². The van der Waals surface area contributed by atoms with E-state index in [1.165, 1.54) is 11.9 Å². The number of esters is 1. The van der Waals surface area contributed by atoms with E-state index in [-0.39, 0.29) is 18.8 Å². The van der Waals surface area contributed by atoms with E-state index in [0.717, 1.165) is 22.8 Å². The number of aliphatic hydroxyl groups is 1. The molecule has 0 radical (unpaired) electrons. The van der Waals surface area contributed by atoms with E-state index in [4.69, 9.17) is 20.9 Å². The highest BCUT2D eigenvalue weighted by Gasteiger charge is 2.27. The number of carbonyl (C=O) groups excluding carboxylic acids is 3. The van der Waals surface area contributed by atoms with E-state index in [1.807, 2.05) is 42.5 Å². The van der Waals surface area contributed by atoms with Crippen LogP contribution in [0.5, 0.6) is 5.88 Å². The monoisotopic (exact) mass is 563 g/mol. The number of amides is 1. The zero-order valence-corrected chi connectivity index (χ0v) is 22.1. The third-order valence-electron chi connectivity index (χ3n) is 5.85. The zero-order valence-electron chi connectivity index (χ0n) is 21.4. The number of hydrogen-bond donors (Lipinski definition) is 3. The van der Waals surface area contributed by atoms with Crippen LogP contribution in [0.15, 0.2) is 89.5 Å². The molecule has 1 aromatic heterocycles. The molecule has 0 fully saturated rings. The summed E-state index contributed by atoms with van der Waals surface area (Å²) in [5, 5.41) is 25.2. The lowest BCUT2D eigenvalue weighted by Crippen LogP contribution is -2.48. The van der Waals surface area contributed by atoms with Gasteiger partial charge in [0.2, 0.25) is 11.5 Å². The molecular formula is C29H26ClN3O7. The Kier molecular flexibility index (Phi) is 9.28. The highest BCUT2D eigenvalue weighted by molar-refractivity contribution is 6.30. The third kappa shape index (κ3) is 7.54. The third-order valence-corrected chi connectivity index (χ3v) is 6.09. The Balaban J connectivity index is 1.45. The van der Waals surface area contributed by atoms with Gasteiger partial charge in [0.1, 0.15) is 0 Å². The van der Waals surface area contributed by atoms with Gasteiger partial charge < -0.3 is 19.5 Å². The maximum Gasteiger partial charge on any atom is 0.337 e. The van der Waals surface area contributed by atoms with E-state index >= 15 is 0 Å². The van der Waals surface area contributed by atoms with Crippen molar-refractivity contribution in [3.8, 4) is 17.0 Å². The zero-order chi connectivity index (χ0) is 28.6. The van der Waals surface area contributed by atoms with Gasteiger partial charge in [0.25, 0.3) is 5.88 Å². The normalized spacial score (nSPS) is 12.5. The van der Waals surface area contributed by atoms with Crippen molar-refractivity contribution in [3.05, 3.63) is 107 Å². The molecule has 1 heterocycles. The summed E-state index contributed by atoms with van der Waals surface area (Å²) in [6.07, 6.45) is -2.84. The number of aromatic hydroxyl groups is 1. The molecule has 0 aliphatic rings. The molecule has 40 heavy (non-hydrogen) atoms. The topological polar surface area (TPSA) is 142 Å². The highest BCUT2D eigenvalue weighted by atomic mass is 35.5. The lowest BCUT2D eigenvalue weighted by atomic mass is 10.0. The summed E-state index contributed by atoms with van der Waals surface area (Å²) in [5.74, 6) is -2.98. The van der Waals surface area contributed by atoms with Crippen LogP contribution < -0.4 is 5.43 Å². The first kappa shape index (κ1) is 28.5. The average Bonchev–Trinajstić information content (AvgIpc) is 3.39. The van der Waals surface area contributed by atoms with E-state index in [2.05, 4.69) is 10.6 Å². The molecule has 3 aromatic carbocycles. The molecule has 0 saturated heterocycles. The van der Waals surface area contributed by atoms with Crippen LogP contribution in [0.3, 0.4) is 0 Å². The van der Waals surface area contributed by atoms with Crippen LogP contribution in [0.4, 0.5) is 0 Å². The number of aliphatic hydroxyl groups excluding tert-OH is 1. The van der Waals surface area contributed by atoms with Gasteiger partial charge in [-0.1, -0.05) is 78.3 Å². The van der Waals surface area contributed by atoms with Gasteiger partial charge in [-0.15, -0.1) is 0 Å². The molecule has 0 bridgehead atoms. The van der Waals surface area contributed by atoms with Crippen molar-refractivity contribution in [2.45, 2.75) is 25.7 Å². The van der Waals surface area contributed by atoms with Gasteiger partial charge in [0, 0.05) is 17.1 Å². The largest absolute Gasteiger partial charge is 0.491 e. The standard InChI is InChI=1S/C29H26ClN3O7/c1-18(27(36)21-6-3-2-4-7-21)39-29(38)24(34)17-33(31-28(37)25-15-26(35)32-40-25)16-19-10-12-20(13-11-19)22-8-5-9-23(30)14-22/h2-15,18,24,34H,16-17H2,1H3,(H,31,37)(H,32,35)/t18?,24-/m1/s1. The van der Waals surface area contributed by atoms with E-state index in [1.54, 1.807) is 36.4 Å². The molecule has 4 rings (SSSR count). The molecule has 4 aromatic rings. The minimum absolute atomic E-state index is 0.0739. The molecule has 11 heteroatoms. The Hall–Kier alpha value is -4.51. The lowest BCUT2D eigenvalue weighted by molar-refractivity contribution is -0.157. The van der Waals surface area contributed by atoms with E-state index in [9.17, 15) is 24.6 Å². The Morgan fingerprint density at radius 1 is 1.00 bits per heavy atom. The number of carbonyl (C=O) groups is 3. The lowest BCUT2D eigenvalue weighted by Gasteiger charge is -2.25. The van der Waals surface area contributed by atoms with Crippen molar-refractivity contribution in [1.82, 2.24) is 15.6 Å². The Labute approximate surface area is 234 Å². The number of benzene rings is 3. The van der Waals surface area contributed by atoms with Crippen LogP contribution in [0.1, 0.15) is 33.4 Å². The minimum atomic E-state index is -1.71. The summed E-state index contributed by atoms with van der Waals surface area (Å²) in [7, 11) is 0. The number of nitrogens with one attached hydrogen (secondary N) is 1. The fourth-order valence-corrected chi connectivity index (χ4v) is 4.03. The van der Waals surface area contributed by atoms with E-state index in [0.29, 0.717) is 10.6 Å². The first-order chi connectivity index (χ1) is 19.2. The van der Waals surface area contributed by atoms with Crippen molar-refractivity contribution in [2.75, 3.05) is 6.54 Å². The second-order valence-electron chi connectivity index (χ2n) is 8.90. The van der Waals surface area contributed by atoms with Gasteiger partial charge in [-0.25, -0.2) is 9.80 Å². The first-order valence-electron chi connectivity index (χ1n) is 12.2. The molecule has 0 aliphatic carbocycles. The van der Waals surface area contributed by atoms with Crippen LogP contribution in [0, 0.1) is 0 Å². The number of Topliss-reactive ketones (excluding diaryl/α,β-unsaturated/α-hetero) is 1. The van der Waals surface area contributed by atoms with Crippen LogP contribution >= 0.6 is 11.6 Å². The average molecular weight is 564 g/mol.